The van der Waals surface area contributed by atoms with Gasteiger partial charge in [0.1, 0.15) is 5.76 Å². The molecule has 82 valence electrons. The molecule has 0 spiro atoms. The van der Waals surface area contributed by atoms with E-state index in [1.807, 2.05) is 18.2 Å². The second kappa shape index (κ2) is 5.17. The smallest absolute Gasteiger partial charge is 0.184 e. The number of hydrogen-bond acceptors (Lipinski definition) is 2. The van der Waals surface area contributed by atoms with Crippen LogP contribution in [0.4, 0.5) is 5.69 Å². The van der Waals surface area contributed by atoms with Crippen LogP contribution in [0.25, 0.3) is 0 Å². The van der Waals surface area contributed by atoms with Gasteiger partial charge in [-0.25, -0.2) is 0 Å². The zero-order valence-corrected chi connectivity index (χ0v) is 11.9. The number of benzene rings is 1. The van der Waals surface area contributed by atoms with Gasteiger partial charge in [0.2, 0.25) is 0 Å². The van der Waals surface area contributed by atoms with Crippen molar-refractivity contribution in [2.45, 2.75) is 0 Å². The third-order valence-electron chi connectivity index (χ3n) is 1.81. The molecule has 0 saturated heterocycles. The molecule has 1 aromatic carbocycles. The Morgan fingerprint density at radius 1 is 1.25 bits per heavy atom. The minimum absolute atomic E-state index is 0.653. The molecule has 16 heavy (non-hydrogen) atoms. The first-order valence-corrected chi connectivity index (χ1v) is 6.36. The van der Waals surface area contributed by atoms with Crippen LogP contribution in [0, 0.1) is 0 Å². The van der Waals surface area contributed by atoms with Crippen LogP contribution in [-0.4, -0.2) is 6.21 Å². The summed E-state index contributed by atoms with van der Waals surface area (Å²) < 4.78 is 6.87. The fraction of sp³-hybridized carbons (Fsp3) is 0. The zero-order chi connectivity index (χ0) is 11.5. The van der Waals surface area contributed by atoms with Crippen molar-refractivity contribution in [3.8, 4) is 0 Å². The summed E-state index contributed by atoms with van der Waals surface area (Å²) in [5.74, 6) is 0.665. The van der Waals surface area contributed by atoms with Crippen LogP contribution >= 0.6 is 43.5 Å². The van der Waals surface area contributed by atoms with Crippen LogP contribution in [0.5, 0.6) is 0 Å². The van der Waals surface area contributed by atoms with Crippen molar-refractivity contribution in [1.29, 1.82) is 0 Å². The molecule has 2 rings (SSSR count). The number of aliphatic imine (C=N–C) groups is 1. The summed E-state index contributed by atoms with van der Waals surface area (Å²) in [6.45, 7) is 0. The summed E-state index contributed by atoms with van der Waals surface area (Å²) in [6, 6.07) is 9.14. The van der Waals surface area contributed by atoms with Gasteiger partial charge >= 0.3 is 0 Å². The standard InChI is InChI=1S/C11H6Br2ClNO/c12-10-5-9(16-11(10)13)6-15-8-3-1-2-7(14)4-8/h1-6H. The molecule has 0 aliphatic carbocycles. The maximum Gasteiger partial charge on any atom is 0.184 e. The van der Waals surface area contributed by atoms with E-state index in [4.69, 9.17) is 16.0 Å². The van der Waals surface area contributed by atoms with Gasteiger partial charge in [-0.2, -0.15) is 0 Å². The molecular formula is C11H6Br2ClNO. The van der Waals surface area contributed by atoms with E-state index in [1.54, 1.807) is 18.3 Å². The van der Waals surface area contributed by atoms with E-state index in [9.17, 15) is 0 Å². The molecule has 5 heteroatoms. The van der Waals surface area contributed by atoms with Gasteiger partial charge in [-0.15, -0.1) is 0 Å². The summed E-state index contributed by atoms with van der Waals surface area (Å²) >= 11 is 12.4. The molecule has 2 aromatic rings. The zero-order valence-electron chi connectivity index (χ0n) is 7.95. The lowest BCUT2D eigenvalue weighted by molar-refractivity contribution is 0.533. The first-order chi connectivity index (χ1) is 7.65. The molecule has 0 aliphatic heterocycles. The van der Waals surface area contributed by atoms with Crippen molar-refractivity contribution in [2.24, 2.45) is 4.99 Å². The third kappa shape index (κ3) is 2.97. The second-order valence-electron chi connectivity index (χ2n) is 3.01. The van der Waals surface area contributed by atoms with Crippen LogP contribution in [0.1, 0.15) is 5.76 Å². The average Bonchev–Trinajstić information content (AvgIpc) is 2.56. The Balaban J connectivity index is 2.21. The minimum Gasteiger partial charge on any atom is -0.447 e. The van der Waals surface area contributed by atoms with Gasteiger partial charge in [-0.05, 0) is 50.1 Å². The van der Waals surface area contributed by atoms with E-state index in [0.717, 1.165) is 10.2 Å². The molecular weight excluding hydrogens is 357 g/mol. The van der Waals surface area contributed by atoms with E-state index < -0.39 is 0 Å². The van der Waals surface area contributed by atoms with E-state index >= 15 is 0 Å². The second-order valence-corrected chi connectivity index (χ2v) is 5.02. The average molecular weight is 363 g/mol. The van der Waals surface area contributed by atoms with Crippen LogP contribution in [0.2, 0.25) is 5.02 Å². The number of halogens is 3. The van der Waals surface area contributed by atoms with Crippen molar-refractivity contribution in [2.75, 3.05) is 0 Å². The van der Waals surface area contributed by atoms with Gasteiger partial charge in [-0.3, -0.25) is 4.99 Å². The quantitative estimate of drug-likeness (QED) is 0.673. The molecule has 0 atom stereocenters. The highest BCUT2D eigenvalue weighted by Gasteiger charge is 2.03. The maximum atomic E-state index is 5.84. The molecule has 0 unspecified atom stereocenters. The van der Waals surface area contributed by atoms with Crippen molar-refractivity contribution in [3.05, 3.63) is 50.3 Å². The SMILES string of the molecule is Clc1cccc(N=Cc2cc(Br)c(Br)o2)c1. The van der Waals surface area contributed by atoms with Gasteiger partial charge < -0.3 is 4.42 Å². The van der Waals surface area contributed by atoms with Crippen molar-refractivity contribution in [3.63, 3.8) is 0 Å². The summed E-state index contributed by atoms with van der Waals surface area (Å²) in [4.78, 5) is 4.25. The van der Waals surface area contributed by atoms with Gasteiger partial charge in [-0.1, -0.05) is 17.7 Å². The van der Waals surface area contributed by atoms with Crippen LogP contribution < -0.4 is 0 Å². The number of furan rings is 1. The monoisotopic (exact) mass is 361 g/mol. The summed E-state index contributed by atoms with van der Waals surface area (Å²) in [5, 5.41) is 0.663. The normalized spacial score (nSPS) is 11.2. The topological polar surface area (TPSA) is 25.5 Å². The lowest BCUT2D eigenvalue weighted by Crippen LogP contribution is -1.73. The largest absolute Gasteiger partial charge is 0.447 e. The maximum absolute atomic E-state index is 5.84. The molecule has 0 bridgehead atoms. The Morgan fingerprint density at radius 3 is 2.69 bits per heavy atom. The Morgan fingerprint density at radius 2 is 2.06 bits per heavy atom. The first-order valence-electron chi connectivity index (χ1n) is 4.39. The highest BCUT2D eigenvalue weighted by molar-refractivity contribution is 9.13. The molecule has 0 radical (unpaired) electrons. The summed E-state index contributed by atoms with van der Waals surface area (Å²) in [5.41, 5.74) is 0.788. The van der Waals surface area contributed by atoms with E-state index in [2.05, 4.69) is 36.9 Å². The van der Waals surface area contributed by atoms with Crippen LogP contribution in [-0.2, 0) is 0 Å². The van der Waals surface area contributed by atoms with Gasteiger partial charge in [0.15, 0.2) is 4.67 Å². The predicted octanol–water partition coefficient (Wildman–Crippen LogP) is 5.21. The highest BCUT2D eigenvalue weighted by Crippen LogP contribution is 2.26. The van der Waals surface area contributed by atoms with E-state index in [0.29, 0.717) is 15.5 Å². The summed E-state index contributed by atoms with van der Waals surface area (Å²) in [7, 11) is 0. The van der Waals surface area contributed by atoms with E-state index in [1.165, 1.54) is 0 Å². The molecule has 1 aromatic heterocycles. The molecule has 0 fully saturated rings. The third-order valence-corrected chi connectivity index (χ3v) is 3.76. The fourth-order valence-corrected chi connectivity index (χ4v) is 1.91. The molecule has 0 N–H and O–H groups in total. The Labute approximate surface area is 115 Å². The van der Waals surface area contributed by atoms with Gasteiger partial charge in [0.25, 0.3) is 0 Å². The fourth-order valence-electron chi connectivity index (χ4n) is 1.12. The van der Waals surface area contributed by atoms with Crippen molar-refractivity contribution < 1.29 is 4.42 Å². The Kier molecular flexibility index (Phi) is 3.84. The lowest BCUT2D eigenvalue weighted by Gasteiger charge is -1.92. The highest BCUT2D eigenvalue weighted by atomic mass is 79.9. The Hall–Kier alpha value is -0.580. The molecule has 0 amide bonds. The van der Waals surface area contributed by atoms with Crippen molar-refractivity contribution >= 4 is 55.4 Å². The van der Waals surface area contributed by atoms with Crippen molar-refractivity contribution in [1.82, 2.24) is 0 Å². The number of nitrogens with zero attached hydrogens (tertiary/aromatic N) is 1. The molecule has 0 saturated carbocycles. The summed E-state index contributed by atoms with van der Waals surface area (Å²) in [6.07, 6.45) is 1.64. The van der Waals surface area contributed by atoms with Crippen LogP contribution in [0.3, 0.4) is 0 Å². The van der Waals surface area contributed by atoms with E-state index in [-0.39, 0.29) is 0 Å². The van der Waals surface area contributed by atoms with Gasteiger partial charge in [0.05, 0.1) is 16.4 Å². The number of hydrogen-bond donors (Lipinski definition) is 0. The Bertz CT molecular complexity index is 517. The predicted molar refractivity (Wildman–Crippen MR) is 72.8 cm³/mol. The molecule has 0 aliphatic rings. The molecule has 1 heterocycles. The first kappa shape index (κ1) is 11.9. The van der Waals surface area contributed by atoms with Crippen LogP contribution in [0.15, 0.2) is 48.9 Å². The van der Waals surface area contributed by atoms with Gasteiger partial charge in [0, 0.05) is 11.1 Å². The minimum atomic E-state index is 0.653. The molecule has 2 nitrogen and oxygen atoms in total. The number of rotatable bonds is 2. The lowest BCUT2D eigenvalue weighted by atomic mass is 10.3.